The van der Waals surface area contributed by atoms with Crippen LogP contribution in [0.3, 0.4) is 0 Å². The van der Waals surface area contributed by atoms with E-state index >= 15 is 0 Å². The molecule has 0 bridgehead atoms. The Labute approximate surface area is 187 Å². The molecular weight excluding hydrogens is 440 g/mol. The van der Waals surface area contributed by atoms with Crippen LogP contribution in [0.25, 0.3) is 11.0 Å². The largest absolute Gasteiger partial charge is 0.482 e. The fraction of sp³-hybridized carbons (Fsp3) is 0.182. The number of ether oxygens (including phenoxy) is 2. The lowest BCUT2D eigenvalue weighted by atomic mass is 10.2. The first-order valence-electron chi connectivity index (χ1n) is 9.46. The van der Waals surface area contributed by atoms with Gasteiger partial charge in [-0.1, -0.05) is 17.7 Å². The van der Waals surface area contributed by atoms with E-state index in [1.165, 1.54) is 12.1 Å². The molecule has 1 heterocycles. The molecule has 3 aromatic rings. The van der Waals surface area contributed by atoms with Gasteiger partial charge in [-0.2, -0.15) is 0 Å². The number of hydrogen-bond acceptors (Lipinski definition) is 7. The summed E-state index contributed by atoms with van der Waals surface area (Å²) in [4.78, 5) is 46.8. The molecule has 0 atom stereocenters. The van der Waals surface area contributed by atoms with Gasteiger partial charge in [0.2, 0.25) is 5.91 Å². The van der Waals surface area contributed by atoms with Gasteiger partial charge in [0.05, 0.1) is 6.54 Å². The molecule has 0 unspecified atom stereocenters. The van der Waals surface area contributed by atoms with Crippen LogP contribution in [0.1, 0.15) is 5.56 Å². The lowest BCUT2D eigenvalue weighted by molar-refractivity contribution is -0.150. The van der Waals surface area contributed by atoms with Crippen molar-refractivity contribution in [3.63, 3.8) is 0 Å². The second-order valence-electron chi connectivity index (χ2n) is 6.64. The first-order valence-corrected chi connectivity index (χ1v) is 9.83. The number of hydrogen-bond donors (Lipinski definition) is 2. The van der Waals surface area contributed by atoms with E-state index in [9.17, 15) is 19.2 Å². The van der Waals surface area contributed by atoms with Crippen LogP contribution in [-0.4, -0.2) is 37.5 Å². The van der Waals surface area contributed by atoms with Crippen LogP contribution in [0.4, 0.5) is 5.69 Å². The van der Waals surface area contributed by atoms with Crippen LogP contribution < -0.4 is 21.0 Å². The number of halogens is 1. The monoisotopic (exact) mass is 458 g/mol. The van der Waals surface area contributed by atoms with Crippen LogP contribution in [0.5, 0.6) is 5.75 Å². The highest BCUT2D eigenvalue weighted by Gasteiger charge is 2.12. The van der Waals surface area contributed by atoms with Gasteiger partial charge in [0.15, 0.2) is 13.2 Å². The van der Waals surface area contributed by atoms with E-state index in [-0.39, 0.29) is 6.54 Å². The van der Waals surface area contributed by atoms with Crippen molar-refractivity contribution < 1.29 is 28.3 Å². The molecule has 32 heavy (non-hydrogen) atoms. The van der Waals surface area contributed by atoms with Gasteiger partial charge in [0.1, 0.15) is 11.3 Å². The molecule has 0 aliphatic rings. The molecule has 9 nitrogen and oxygen atoms in total. The third-order valence-electron chi connectivity index (χ3n) is 4.30. The van der Waals surface area contributed by atoms with Gasteiger partial charge in [-0.25, -0.2) is 9.59 Å². The van der Waals surface area contributed by atoms with Crippen LogP contribution in [0, 0.1) is 6.92 Å². The van der Waals surface area contributed by atoms with Crippen molar-refractivity contribution in [2.75, 3.05) is 25.1 Å². The maximum absolute atomic E-state index is 12.0. The van der Waals surface area contributed by atoms with Crippen LogP contribution in [0.2, 0.25) is 5.02 Å². The topological polar surface area (TPSA) is 124 Å². The molecule has 0 aliphatic heterocycles. The standard InChI is InChI=1S/C22H19ClN2O7/c1-13-16(23)3-2-4-17(13)25-19(26)10-24-20(27)11-31-22(29)12-30-15-7-5-14-6-8-21(28)32-18(14)9-15/h2-9H,10-12H2,1H3,(H,24,27)(H,25,26). The molecule has 2 N–H and O–H groups in total. The number of fused-ring (bicyclic) bond motifs is 1. The fourth-order valence-corrected chi connectivity index (χ4v) is 2.80. The minimum atomic E-state index is -0.784. The molecular formula is C22H19ClN2O7. The molecule has 0 fully saturated rings. The number of carbonyl (C=O) groups is 3. The summed E-state index contributed by atoms with van der Waals surface area (Å²) in [5, 5.41) is 6.19. The molecule has 0 spiro atoms. The molecule has 2 aromatic carbocycles. The molecule has 1 aromatic heterocycles. The van der Waals surface area contributed by atoms with Gasteiger partial charge < -0.3 is 24.5 Å². The molecule has 3 rings (SSSR count). The Morgan fingerprint density at radius 2 is 1.81 bits per heavy atom. The Morgan fingerprint density at radius 1 is 1.03 bits per heavy atom. The summed E-state index contributed by atoms with van der Waals surface area (Å²) in [6.45, 7) is 0.426. The summed E-state index contributed by atoms with van der Waals surface area (Å²) < 4.78 is 15.1. The molecule has 0 radical (unpaired) electrons. The molecule has 0 saturated carbocycles. The normalized spacial score (nSPS) is 10.4. The minimum Gasteiger partial charge on any atom is -0.482 e. The number of benzene rings is 2. The summed E-state index contributed by atoms with van der Waals surface area (Å²) in [6, 6.07) is 12.7. The predicted molar refractivity (Wildman–Crippen MR) is 117 cm³/mol. The number of anilines is 1. The number of amides is 2. The van der Waals surface area contributed by atoms with Gasteiger partial charge in [0, 0.05) is 28.2 Å². The first-order chi connectivity index (χ1) is 15.3. The Balaban J connectivity index is 1.39. The van der Waals surface area contributed by atoms with Crippen LogP contribution >= 0.6 is 11.6 Å². The quantitative estimate of drug-likeness (QED) is 0.392. The van der Waals surface area contributed by atoms with E-state index in [1.54, 1.807) is 43.3 Å². The second kappa shape index (κ2) is 10.5. The first kappa shape index (κ1) is 22.8. The summed E-state index contributed by atoms with van der Waals surface area (Å²) in [7, 11) is 0. The van der Waals surface area contributed by atoms with E-state index in [0.717, 1.165) is 0 Å². The Kier molecular flexibility index (Phi) is 7.45. The highest BCUT2D eigenvalue weighted by atomic mass is 35.5. The zero-order valence-corrected chi connectivity index (χ0v) is 17.7. The van der Waals surface area contributed by atoms with Crippen molar-refractivity contribution in [3.05, 3.63) is 69.5 Å². The van der Waals surface area contributed by atoms with Crippen molar-refractivity contribution >= 4 is 46.0 Å². The van der Waals surface area contributed by atoms with Crippen LogP contribution in [0.15, 0.2) is 57.7 Å². The van der Waals surface area contributed by atoms with Crippen molar-refractivity contribution in [2.24, 2.45) is 0 Å². The fourth-order valence-electron chi connectivity index (χ4n) is 2.63. The Morgan fingerprint density at radius 3 is 2.62 bits per heavy atom. The maximum Gasteiger partial charge on any atom is 0.344 e. The van der Waals surface area contributed by atoms with E-state index in [4.69, 9.17) is 25.5 Å². The van der Waals surface area contributed by atoms with Gasteiger partial charge in [0.25, 0.3) is 5.91 Å². The van der Waals surface area contributed by atoms with Crippen molar-refractivity contribution in [2.45, 2.75) is 6.92 Å². The summed E-state index contributed by atoms with van der Waals surface area (Å²) in [5.41, 5.74) is 1.05. The Bertz CT molecular complexity index is 1220. The zero-order chi connectivity index (χ0) is 23.1. The number of rotatable bonds is 8. The zero-order valence-electron chi connectivity index (χ0n) is 17.0. The van der Waals surface area contributed by atoms with Gasteiger partial charge in [-0.15, -0.1) is 0 Å². The smallest absolute Gasteiger partial charge is 0.344 e. The summed E-state index contributed by atoms with van der Waals surface area (Å²) >= 11 is 6.00. The molecule has 10 heteroatoms. The van der Waals surface area contributed by atoms with Crippen molar-refractivity contribution in [1.82, 2.24) is 5.32 Å². The van der Waals surface area contributed by atoms with E-state index in [1.807, 2.05) is 0 Å². The minimum absolute atomic E-state index is 0.293. The SMILES string of the molecule is Cc1c(Cl)cccc1NC(=O)CNC(=O)COC(=O)COc1ccc2ccc(=O)oc2c1. The van der Waals surface area contributed by atoms with Gasteiger partial charge in [-0.05, 0) is 42.8 Å². The maximum atomic E-state index is 12.0. The number of esters is 1. The van der Waals surface area contributed by atoms with E-state index in [2.05, 4.69) is 10.6 Å². The number of nitrogens with one attached hydrogen (secondary N) is 2. The third kappa shape index (κ3) is 6.32. The highest BCUT2D eigenvalue weighted by molar-refractivity contribution is 6.31. The highest BCUT2D eigenvalue weighted by Crippen LogP contribution is 2.22. The van der Waals surface area contributed by atoms with Crippen molar-refractivity contribution in [3.8, 4) is 5.75 Å². The molecule has 0 aliphatic carbocycles. The van der Waals surface area contributed by atoms with Crippen molar-refractivity contribution in [1.29, 1.82) is 0 Å². The Hall–Kier alpha value is -3.85. The second-order valence-corrected chi connectivity index (χ2v) is 7.05. The van der Waals surface area contributed by atoms with Gasteiger partial charge >= 0.3 is 11.6 Å². The molecule has 2 amide bonds. The van der Waals surface area contributed by atoms with Crippen LogP contribution in [-0.2, 0) is 19.1 Å². The number of carbonyl (C=O) groups excluding carboxylic acids is 3. The van der Waals surface area contributed by atoms with E-state index < -0.39 is 36.6 Å². The lowest BCUT2D eigenvalue weighted by Crippen LogP contribution is -2.36. The summed E-state index contributed by atoms with van der Waals surface area (Å²) in [6.07, 6.45) is 0. The van der Waals surface area contributed by atoms with Gasteiger partial charge in [-0.3, -0.25) is 9.59 Å². The summed E-state index contributed by atoms with van der Waals surface area (Å²) in [5.74, 6) is -1.60. The predicted octanol–water partition coefficient (Wildman–Crippen LogP) is 2.43. The third-order valence-corrected chi connectivity index (χ3v) is 4.71. The average molecular weight is 459 g/mol. The average Bonchev–Trinajstić information content (AvgIpc) is 2.77. The lowest BCUT2D eigenvalue weighted by Gasteiger charge is -2.10. The van der Waals surface area contributed by atoms with E-state index in [0.29, 0.717) is 33.0 Å². The molecule has 0 saturated heterocycles. The molecule has 166 valence electrons.